The number of nitrogens with one attached hydrogen (secondary N) is 1. The third-order valence-electron chi connectivity index (χ3n) is 3.49. The molecule has 0 radical (unpaired) electrons. The van der Waals surface area contributed by atoms with Crippen LogP contribution in [-0.4, -0.2) is 28.3 Å². The lowest BCUT2D eigenvalue weighted by molar-refractivity contribution is -0.0228. The molecule has 0 atom stereocenters. The van der Waals surface area contributed by atoms with E-state index >= 15 is 0 Å². The van der Waals surface area contributed by atoms with Gasteiger partial charge in [0, 0.05) is 4.90 Å². The van der Waals surface area contributed by atoms with Crippen LogP contribution in [0.2, 0.25) is 0 Å². The number of thioether (sulfide) groups is 1. The minimum Gasteiger partial charge on any atom is -0.380 e. The molecule has 2 aromatic rings. The molecule has 2 N–H and O–H groups in total. The Kier molecular flexibility index (Phi) is 4.23. The number of halogens is 1. The van der Waals surface area contributed by atoms with E-state index in [1.165, 1.54) is 17.8 Å². The lowest BCUT2D eigenvalue weighted by Crippen LogP contribution is -2.39. The molecule has 0 saturated carbocycles. The maximum atomic E-state index is 13.5. The summed E-state index contributed by atoms with van der Waals surface area (Å²) in [5.41, 5.74) is -1.04. The highest BCUT2D eigenvalue weighted by molar-refractivity contribution is 7.98. The predicted octanol–water partition coefficient (Wildman–Crippen LogP) is 2.07. The lowest BCUT2D eigenvalue weighted by Gasteiger charge is -2.28. The molecule has 112 valence electrons. The van der Waals surface area contributed by atoms with Gasteiger partial charge in [-0.2, -0.15) is 4.98 Å². The molecule has 1 aromatic heterocycles. The third kappa shape index (κ3) is 3.25. The van der Waals surface area contributed by atoms with Gasteiger partial charge in [0.05, 0.1) is 5.75 Å². The normalized spacial score (nSPS) is 17.8. The number of hydrogen-bond acceptors (Lipinski definition) is 6. The minimum absolute atomic E-state index is 0.258. The first kappa shape index (κ1) is 14.5. The van der Waals surface area contributed by atoms with Crippen molar-refractivity contribution in [2.24, 2.45) is 0 Å². The van der Waals surface area contributed by atoms with Gasteiger partial charge >= 0.3 is 0 Å². The van der Waals surface area contributed by atoms with E-state index in [4.69, 9.17) is 4.52 Å². The molecule has 21 heavy (non-hydrogen) atoms. The zero-order valence-corrected chi connectivity index (χ0v) is 12.2. The Labute approximate surface area is 125 Å². The summed E-state index contributed by atoms with van der Waals surface area (Å²) in [5, 5.41) is 17.5. The van der Waals surface area contributed by atoms with E-state index in [1.54, 1.807) is 18.2 Å². The number of nitrogens with zero attached hydrogens (tertiary/aromatic N) is 2. The summed E-state index contributed by atoms with van der Waals surface area (Å²) in [7, 11) is 0. The molecule has 0 spiro atoms. The van der Waals surface area contributed by atoms with Crippen molar-refractivity contribution in [1.29, 1.82) is 0 Å². The molecule has 0 aliphatic carbocycles. The highest BCUT2D eigenvalue weighted by atomic mass is 32.2. The van der Waals surface area contributed by atoms with Crippen molar-refractivity contribution in [3.05, 3.63) is 41.8 Å². The van der Waals surface area contributed by atoms with Crippen molar-refractivity contribution < 1.29 is 14.0 Å². The molecular formula is C14H16FN3O2S. The summed E-state index contributed by atoms with van der Waals surface area (Å²) in [6, 6.07) is 6.56. The molecular weight excluding hydrogens is 293 g/mol. The Morgan fingerprint density at radius 3 is 2.86 bits per heavy atom. The van der Waals surface area contributed by atoms with E-state index in [2.05, 4.69) is 15.5 Å². The first-order chi connectivity index (χ1) is 10.2. The zero-order chi connectivity index (χ0) is 14.7. The molecule has 0 bridgehead atoms. The highest BCUT2D eigenvalue weighted by Crippen LogP contribution is 2.30. The van der Waals surface area contributed by atoms with Crippen LogP contribution in [0.1, 0.15) is 24.6 Å². The number of aliphatic hydroxyl groups is 1. The molecule has 1 aliphatic heterocycles. The number of piperidine rings is 1. The van der Waals surface area contributed by atoms with Gasteiger partial charge in [-0.1, -0.05) is 17.3 Å². The van der Waals surface area contributed by atoms with Crippen LogP contribution in [0, 0.1) is 5.82 Å². The largest absolute Gasteiger partial charge is 0.380 e. The minimum atomic E-state index is -1.04. The van der Waals surface area contributed by atoms with E-state index in [-0.39, 0.29) is 11.7 Å². The molecule has 2 heterocycles. The van der Waals surface area contributed by atoms with Crippen LogP contribution >= 0.6 is 11.8 Å². The van der Waals surface area contributed by atoms with Crippen molar-refractivity contribution in [2.45, 2.75) is 29.1 Å². The maximum Gasteiger partial charge on any atom is 0.258 e. The second-order valence-electron chi connectivity index (χ2n) is 5.02. The van der Waals surface area contributed by atoms with Gasteiger partial charge in [0.2, 0.25) is 0 Å². The molecule has 3 rings (SSSR count). The van der Waals surface area contributed by atoms with Gasteiger partial charge in [0.25, 0.3) is 5.89 Å². The smallest absolute Gasteiger partial charge is 0.258 e. The molecule has 0 unspecified atom stereocenters. The number of benzene rings is 1. The van der Waals surface area contributed by atoms with Crippen LogP contribution in [0.15, 0.2) is 33.7 Å². The molecule has 1 fully saturated rings. The summed E-state index contributed by atoms with van der Waals surface area (Å²) in [5.74, 6) is 0.861. The van der Waals surface area contributed by atoms with Crippen LogP contribution in [0.5, 0.6) is 0 Å². The van der Waals surface area contributed by atoms with E-state index in [0.29, 0.717) is 29.3 Å². The Bertz CT molecular complexity index is 614. The van der Waals surface area contributed by atoms with Gasteiger partial charge in [-0.15, -0.1) is 11.8 Å². The van der Waals surface area contributed by atoms with Crippen LogP contribution in [-0.2, 0) is 11.4 Å². The maximum absolute atomic E-state index is 13.5. The van der Waals surface area contributed by atoms with E-state index in [1.807, 2.05) is 0 Å². The van der Waals surface area contributed by atoms with Crippen LogP contribution < -0.4 is 5.32 Å². The molecule has 1 aromatic carbocycles. The summed E-state index contributed by atoms with van der Waals surface area (Å²) < 4.78 is 18.7. The van der Waals surface area contributed by atoms with E-state index in [9.17, 15) is 9.50 Å². The monoisotopic (exact) mass is 309 g/mol. The number of hydrogen-bond donors (Lipinski definition) is 2. The van der Waals surface area contributed by atoms with Crippen molar-refractivity contribution in [2.75, 3.05) is 13.1 Å². The average molecular weight is 309 g/mol. The second kappa shape index (κ2) is 6.13. The summed E-state index contributed by atoms with van der Waals surface area (Å²) in [4.78, 5) is 4.80. The molecule has 0 amide bonds. The van der Waals surface area contributed by atoms with Crippen LogP contribution in [0.25, 0.3) is 0 Å². The highest BCUT2D eigenvalue weighted by Gasteiger charge is 2.36. The Morgan fingerprint density at radius 2 is 2.10 bits per heavy atom. The van der Waals surface area contributed by atoms with Gasteiger partial charge in [0.1, 0.15) is 11.4 Å². The first-order valence-corrected chi connectivity index (χ1v) is 7.79. The predicted molar refractivity (Wildman–Crippen MR) is 76.3 cm³/mol. The van der Waals surface area contributed by atoms with E-state index < -0.39 is 5.60 Å². The van der Waals surface area contributed by atoms with E-state index in [0.717, 1.165) is 13.1 Å². The van der Waals surface area contributed by atoms with Gasteiger partial charge in [-0.25, -0.2) is 4.39 Å². The van der Waals surface area contributed by atoms with Crippen molar-refractivity contribution >= 4 is 11.8 Å². The van der Waals surface area contributed by atoms with Crippen molar-refractivity contribution in [3.63, 3.8) is 0 Å². The standard InChI is InChI=1S/C14H16FN3O2S/c15-10-3-1-2-4-11(10)21-9-12-17-13(20-18-12)14(19)5-7-16-8-6-14/h1-4,16,19H,5-9H2. The second-order valence-corrected chi connectivity index (χ2v) is 6.03. The van der Waals surface area contributed by atoms with Crippen molar-refractivity contribution in [1.82, 2.24) is 15.5 Å². The molecule has 7 heteroatoms. The fourth-order valence-electron chi connectivity index (χ4n) is 2.26. The van der Waals surface area contributed by atoms with Crippen molar-refractivity contribution in [3.8, 4) is 0 Å². The topological polar surface area (TPSA) is 71.2 Å². The summed E-state index contributed by atoms with van der Waals surface area (Å²) in [6.45, 7) is 1.44. The number of aromatic nitrogens is 2. The Balaban J connectivity index is 1.67. The quantitative estimate of drug-likeness (QED) is 0.843. The Morgan fingerprint density at radius 1 is 1.33 bits per heavy atom. The summed E-state index contributed by atoms with van der Waals surface area (Å²) in [6.07, 6.45) is 1.10. The fourth-order valence-corrected chi connectivity index (χ4v) is 3.04. The van der Waals surface area contributed by atoms with Gasteiger partial charge in [-0.05, 0) is 38.1 Å². The van der Waals surface area contributed by atoms with Crippen LogP contribution in [0.3, 0.4) is 0 Å². The fraction of sp³-hybridized carbons (Fsp3) is 0.429. The number of rotatable bonds is 4. The average Bonchev–Trinajstić information content (AvgIpc) is 2.97. The van der Waals surface area contributed by atoms with Gasteiger partial charge < -0.3 is 14.9 Å². The molecule has 1 aliphatic rings. The van der Waals surface area contributed by atoms with Crippen LogP contribution in [0.4, 0.5) is 4.39 Å². The van der Waals surface area contributed by atoms with Gasteiger partial charge in [0.15, 0.2) is 5.82 Å². The molecule has 5 nitrogen and oxygen atoms in total. The zero-order valence-electron chi connectivity index (χ0n) is 11.4. The van der Waals surface area contributed by atoms with Gasteiger partial charge in [-0.3, -0.25) is 0 Å². The lowest BCUT2D eigenvalue weighted by atomic mass is 9.92. The third-order valence-corrected chi connectivity index (χ3v) is 4.53. The summed E-state index contributed by atoms with van der Waals surface area (Å²) >= 11 is 1.31. The Hall–Kier alpha value is -1.44. The SMILES string of the molecule is OC1(c2nc(CSc3ccccc3F)no2)CCNCC1. The molecule has 1 saturated heterocycles. The first-order valence-electron chi connectivity index (χ1n) is 6.81.